The van der Waals surface area contributed by atoms with E-state index in [0.29, 0.717) is 23.1 Å². The summed E-state index contributed by atoms with van der Waals surface area (Å²) in [5, 5.41) is 12.7. The molecule has 2 aromatic carbocycles. The number of fused-ring (bicyclic) bond motifs is 1. The fraction of sp³-hybridized carbons (Fsp3) is 0.238. The molecule has 0 saturated carbocycles. The van der Waals surface area contributed by atoms with Gasteiger partial charge in [0.15, 0.2) is 0 Å². The Labute approximate surface area is 146 Å². The van der Waals surface area contributed by atoms with Crippen molar-refractivity contribution in [1.29, 1.82) is 0 Å². The highest BCUT2D eigenvalue weighted by molar-refractivity contribution is 5.80. The van der Waals surface area contributed by atoms with Gasteiger partial charge in [-0.1, -0.05) is 37.3 Å². The summed E-state index contributed by atoms with van der Waals surface area (Å²) in [5.41, 5.74) is 3.82. The predicted octanol–water partition coefficient (Wildman–Crippen LogP) is 3.15. The van der Waals surface area contributed by atoms with Gasteiger partial charge in [0.1, 0.15) is 11.3 Å². The monoisotopic (exact) mass is 334 g/mol. The molecule has 4 heteroatoms. The normalized spacial score (nSPS) is 13.2. The summed E-state index contributed by atoms with van der Waals surface area (Å²) in [6.45, 7) is 5.82. The van der Waals surface area contributed by atoms with Crippen molar-refractivity contribution < 1.29 is 14.3 Å². The molecule has 3 rings (SSSR count). The van der Waals surface area contributed by atoms with E-state index in [4.69, 9.17) is 4.42 Å². The molecule has 128 valence electrons. The predicted molar refractivity (Wildman–Crippen MR) is 95.8 cm³/mol. The number of hydrogen-bond acceptors (Lipinski definition) is 4. The van der Waals surface area contributed by atoms with E-state index in [1.807, 2.05) is 56.3 Å². The Balaban J connectivity index is 2.34. The Morgan fingerprint density at radius 2 is 1.80 bits per heavy atom. The van der Waals surface area contributed by atoms with Crippen molar-refractivity contribution >= 4 is 16.9 Å². The first-order chi connectivity index (χ1) is 12.0. The largest absolute Gasteiger partial charge is 0.548 e. The summed E-state index contributed by atoms with van der Waals surface area (Å²) in [6.07, 6.45) is 0.376. The lowest BCUT2D eigenvalue weighted by Gasteiger charge is -2.12. The van der Waals surface area contributed by atoms with Gasteiger partial charge < -0.3 is 14.3 Å². The van der Waals surface area contributed by atoms with E-state index >= 15 is 0 Å². The molecule has 0 bridgehead atoms. The highest BCUT2D eigenvalue weighted by atomic mass is 16.4. The summed E-state index contributed by atoms with van der Waals surface area (Å²) in [7, 11) is 0. The molecule has 3 aromatic rings. The lowest BCUT2D eigenvalue weighted by Crippen LogP contribution is -2.35. The van der Waals surface area contributed by atoms with Crippen LogP contribution in [0.3, 0.4) is 0 Å². The quantitative estimate of drug-likeness (QED) is 0.736. The van der Waals surface area contributed by atoms with Gasteiger partial charge in [0.05, 0.1) is 17.4 Å². The zero-order chi connectivity index (χ0) is 18.0. The van der Waals surface area contributed by atoms with E-state index in [9.17, 15) is 9.90 Å². The van der Waals surface area contributed by atoms with Crippen molar-refractivity contribution in [2.75, 3.05) is 0 Å². The summed E-state index contributed by atoms with van der Waals surface area (Å²) < 4.78 is 6.08. The van der Waals surface area contributed by atoms with Gasteiger partial charge in [-0.15, -0.1) is 0 Å². The minimum Gasteiger partial charge on any atom is -0.548 e. The Kier molecular flexibility index (Phi) is 4.70. The van der Waals surface area contributed by atoms with Crippen LogP contribution in [0.2, 0.25) is 0 Å². The molecule has 0 radical (unpaired) electrons. The molecule has 1 aromatic heterocycles. The van der Waals surface area contributed by atoms with E-state index in [0.717, 1.165) is 22.1 Å². The maximum absolute atomic E-state index is 11.3. The molecule has 0 aliphatic heterocycles. The number of carboxylic acids is 1. The second-order valence-corrected chi connectivity index (χ2v) is 6.17. The molecule has 25 heavy (non-hydrogen) atoms. The molecule has 0 aliphatic rings. The number of carbonyl (C=O) groups is 1. The minimum atomic E-state index is -1.17. The average Bonchev–Trinajstić information content (AvgIpc) is 2.61. The zero-order valence-corrected chi connectivity index (χ0v) is 14.6. The Hall–Kier alpha value is -2.88. The molecule has 0 N–H and O–H groups in total. The second kappa shape index (κ2) is 6.93. The SMILES string of the molecule is CC[C@H](N=c1cc(-c2ccccc2)oc2cc(C)c(C)cc12)C(=O)[O-]. The third-order valence-electron chi connectivity index (χ3n) is 4.37. The summed E-state index contributed by atoms with van der Waals surface area (Å²) >= 11 is 0. The van der Waals surface area contributed by atoms with Crippen LogP contribution in [0.25, 0.3) is 22.3 Å². The number of rotatable bonds is 4. The number of benzene rings is 2. The first kappa shape index (κ1) is 17.0. The zero-order valence-electron chi connectivity index (χ0n) is 14.6. The van der Waals surface area contributed by atoms with E-state index in [-0.39, 0.29) is 0 Å². The summed E-state index contributed by atoms with van der Waals surface area (Å²) in [4.78, 5) is 15.8. The van der Waals surface area contributed by atoms with Crippen molar-refractivity contribution in [3.63, 3.8) is 0 Å². The molecule has 0 saturated heterocycles. The van der Waals surface area contributed by atoms with Crippen LogP contribution in [-0.2, 0) is 4.79 Å². The number of aliphatic carboxylic acids is 1. The number of hydrogen-bond donors (Lipinski definition) is 0. The molecule has 4 nitrogen and oxygen atoms in total. The van der Waals surface area contributed by atoms with Gasteiger partial charge in [-0.2, -0.15) is 0 Å². The fourth-order valence-corrected chi connectivity index (χ4v) is 2.75. The number of aryl methyl sites for hydroxylation is 2. The van der Waals surface area contributed by atoms with Crippen molar-refractivity contribution in [1.82, 2.24) is 0 Å². The lowest BCUT2D eigenvalue weighted by atomic mass is 10.1. The number of nitrogens with zero attached hydrogens (tertiary/aromatic N) is 1. The standard InChI is InChI=1S/C21H21NO3/c1-4-17(21(23)24)22-18-12-19(15-8-6-5-7-9-15)25-20-11-14(3)13(2)10-16(18)20/h5-12,17H,4H2,1-3H3,(H,23,24)/p-1/t17-/m0/s1. The highest BCUT2D eigenvalue weighted by Gasteiger charge is 2.10. The highest BCUT2D eigenvalue weighted by Crippen LogP contribution is 2.24. The van der Waals surface area contributed by atoms with Crippen molar-refractivity contribution in [3.05, 3.63) is 65.0 Å². The lowest BCUT2D eigenvalue weighted by molar-refractivity contribution is -0.307. The average molecular weight is 334 g/mol. The molecular formula is C21H20NO3-. The van der Waals surface area contributed by atoms with Crippen molar-refractivity contribution in [2.24, 2.45) is 4.99 Å². The van der Waals surface area contributed by atoms with Crippen LogP contribution >= 0.6 is 0 Å². The molecule has 0 unspecified atom stereocenters. The third-order valence-corrected chi connectivity index (χ3v) is 4.37. The Morgan fingerprint density at radius 3 is 2.44 bits per heavy atom. The van der Waals surface area contributed by atoms with Crippen LogP contribution in [0.15, 0.2) is 57.9 Å². The van der Waals surface area contributed by atoms with Crippen LogP contribution in [0, 0.1) is 13.8 Å². The van der Waals surface area contributed by atoms with Gasteiger partial charge in [0, 0.05) is 17.0 Å². The van der Waals surface area contributed by atoms with Gasteiger partial charge in [-0.05, 0) is 43.5 Å². The first-order valence-corrected chi connectivity index (χ1v) is 8.35. The smallest absolute Gasteiger partial charge is 0.137 e. The molecule has 0 aliphatic carbocycles. The van der Waals surface area contributed by atoms with Crippen LogP contribution in [-0.4, -0.2) is 12.0 Å². The maximum atomic E-state index is 11.3. The third kappa shape index (κ3) is 3.48. The number of carbonyl (C=O) groups excluding carboxylic acids is 1. The minimum absolute atomic E-state index is 0.376. The van der Waals surface area contributed by atoms with Crippen molar-refractivity contribution in [2.45, 2.75) is 33.2 Å². The van der Waals surface area contributed by atoms with Crippen LogP contribution < -0.4 is 10.5 Å². The van der Waals surface area contributed by atoms with Gasteiger partial charge >= 0.3 is 0 Å². The van der Waals surface area contributed by atoms with Gasteiger partial charge in [0.25, 0.3) is 0 Å². The molecule has 0 amide bonds. The van der Waals surface area contributed by atoms with Crippen molar-refractivity contribution in [3.8, 4) is 11.3 Å². The molecule has 0 fully saturated rings. The summed E-state index contributed by atoms with van der Waals surface area (Å²) in [6, 6.07) is 14.6. The van der Waals surface area contributed by atoms with Gasteiger partial charge in [-0.3, -0.25) is 4.99 Å². The van der Waals surface area contributed by atoms with Gasteiger partial charge in [0.2, 0.25) is 0 Å². The Bertz CT molecular complexity index is 987. The van der Waals surface area contributed by atoms with E-state index in [1.165, 1.54) is 0 Å². The molecule has 1 heterocycles. The second-order valence-electron chi connectivity index (χ2n) is 6.17. The number of carboxylic acid groups (broad SMARTS) is 1. The van der Waals surface area contributed by atoms with Crippen LogP contribution in [0.1, 0.15) is 24.5 Å². The Morgan fingerprint density at radius 1 is 1.12 bits per heavy atom. The summed E-state index contributed by atoms with van der Waals surface area (Å²) in [5.74, 6) is -0.509. The first-order valence-electron chi connectivity index (χ1n) is 8.35. The van der Waals surface area contributed by atoms with E-state index in [2.05, 4.69) is 4.99 Å². The molecule has 0 spiro atoms. The fourth-order valence-electron chi connectivity index (χ4n) is 2.75. The van der Waals surface area contributed by atoms with Crippen LogP contribution in [0.4, 0.5) is 0 Å². The topological polar surface area (TPSA) is 65.6 Å². The maximum Gasteiger partial charge on any atom is 0.137 e. The van der Waals surface area contributed by atoms with Gasteiger partial charge in [-0.25, -0.2) is 0 Å². The van der Waals surface area contributed by atoms with Crippen LogP contribution in [0.5, 0.6) is 0 Å². The van der Waals surface area contributed by atoms with E-state index in [1.54, 1.807) is 13.0 Å². The van der Waals surface area contributed by atoms with E-state index < -0.39 is 12.0 Å². The molecule has 1 atom stereocenters. The molecular weight excluding hydrogens is 314 g/mol.